The Balaban J connectivity index is 1.37. The lowest BCUT2D eigenvalue weighted by atomic mass is 9.80. The molecule has 1 aromatic heterocycles. The third-order valence-corrected chi connectivity index (χ3v) is 7.75. The number of aryl methyl sites for hydroxylation is 1. The number of hydrogen-bond acceptors (Lipinski definition) is 4. The van der Waals surface area contributed by atoms with Gasteiger partial charge >= 0.3 is 5.97 Å². The number of aromatic nitrogens is 2. The van der Waals surface area contributed by atoms with Gasteiger partial charge in [0.25, 0.3) is 0 Å². The summed E-state index contributed by atoms with van der Waals surface area (Å²) in [7, 11) is 0. The number of hydrogen-bond donors (Lipinski definition) is 0. The van der Waals surface area contributed by atoms with Crippen molar-refractivity contribution in [3.05, 3.63) is 42.2 Å². The minimum Gasteiger partial charge on any atom is -0.426 e. The van der Waals surface area contributed by atoms with E-state index in [-0.39, 0.29) is 11.9 Å². The summed E-state index contributed by atoms with van der Waals surface area (Å²) < 4.78 is 5.71. The number of benzene rings is 1. The van der Waals surface area contributed by atoms with E-state index in [1.165, 1.54) is 82.6 Å². The maximum Gasteiger partial charge on any atom is 0.314 e. The summed E-state index contributed by atoms with van der Waals surface area (Å²) in [4.78, 5) is 21.8. The number of rotatable bonds is 16. The van der Waals surface area contributed by atoms with Crippen molar-refractivity contribution in [2.75, 3.05) is 0 Å². The Bertz CT molecular complexity index is 855. The Morgan fingerprint density at radius 2 is 1.36 bits per heavy atom. The van der Waals surface area contributed by atoms with E-state index in [9.17, 15) is 4.79 Å². The molecule has 4 nitrogen and oxygen atoms in total. The Morgan fingerprint density at radius 1 is 0.778 bits per heavy atom. The topological polar surface area (TPSA) is 52.1 Å². The Kier molecular flexibility index (Phi) is 13.0. The fourth-order valence-electron chi connectivity index (χ4n) is 5.34. The van der Waals surface area contributed by atoms with Gasteiger partial charge in [0.2, 0.25) is 0 Å². The van der Waals surface area contributed by atoms with E-state index >= 15 is 0 Å². The standard InChI is InChI=1S/C32H48N2O2/c1-3-5-7-8-9-10-11-13-15-27-24-33-31(34-25-27)28-20-22-30(23-21-28)36-32(35)29-18-16-26(17-19-29)14-12-6-4-2/h20-26,29H,3-19H2,1-2H3. The molecular formula is C32H48N2O2. The summed E-state index contributed by atoms with van der Waals surface area (Å²) in [5.41, 5.74) is 2.15. The predicted octanol–water partition coefficient (Wildman–Crippen LogP) is 9.12. The average Bonchev–Trinajstić information content (AvgIpc) is 2.91. The SMILES string of the molecule is CCCCCCCCCCc1cnc(-c2ccc(OC(=O)C3CCC(CCCCC)CC3)cc2)nc1. The van der Waals surface area contributed by atoms with Crippen LogP contribution in [-0.2, 0) is 11.2 Å². The average molecular weight is 493 g/mol. The van der Waals surface area contributed by atoms with Crippen molar-refractivity contribution >= 4 is 5.97 Å². The number of carbonyl (C=O) groups excluding carboxylic acids is 1. The van der Waals surface area contributed by atoms with Crippen molar-refractivity contribution < 1.29 is 9.53 Å². The van der Waals surface area contributed by atoms with Crippen molar-refractivity contribution in [1.82, 2.24) is 9.97 Å². The molecule has 1 aromatic carbocycles. The summed E-state index contributed by atoms with van der Waals surface area (Å²) in [6, 6.07) is 7.62. The van der Waals surface area contributed by atoms with Gasteiger partial charge in [-0.2, -0.15) is 0 Å². The zero-order valence-corrected chi connectivity index (χ0v) is 22.9. The van der Waals surface area contributed by atoms with E-state index in [4.69, 9.17) is 4.74 Å². The zero-order chi connectivity index (χ0) is 25.4. The summed E-state index contributed by atoms with van der Waals surface area (Å²) in [6.45, 7) is 4.52. The van der Waals surface area contributed by atoms with Crippen LogP contribution < -0.4 is 4.74 Å². The molecular weight excluding hydrogens is 444 g/mol. The number of ether oxygens (including phenoxy) is 1. The third kappa shape index (κ3) is 10.0. The molecule has 0 N–H and O–H groups in total. The second-order valence-electron chi connectivity index (χ2n) is 10.8. The van der Waals surface area contributed by atoms with Crippen molar-refractivity contribution in [1.29, 1.82) is 0 Å². The molecule has 0 spiro atoms. The van der Waals surface area contributed by atoms with E-state index in [2.05, 4.69) is 23.8 Å². The molecule has 1 saturated carbocycles. The van der Waals surface area contributed by atoms with Crippen molar-refractivity contribution in [2.45, 2.75) is 123 Å². The van der Waals surface area contributed by atoms with Gasteiger partial charge in [0.1, 0.15) is 5.75 Å². The first-order chi connectivity index (χ1) is 17.7. The van der Waals surface area contributed by atoms with Gasteiger partial charge in [0.05, 0.1) is 5.92 Å². The van der Waals surface area contributed by atoms with Crippen LogP contribution >= 0.6 is 0 Å². The summed E-state index contributed by atoms with van der Waals surface area (Å²) in [5.74, 6) is 2.10. The molecule has 0 atom stereocenters. The molecule has 1 fully saturated rings. The first kappa shape index (κ1) is 28.3. The van der Waals surface area contributed by atoms with Gasteiger partial charge in [-0.1, -0.05) is 84.5 Å². The van der Waals surface area contributed by atoms with Crippen LogP contribution in [0.25, 0.3) is 11.4 Å². The lowest BCUT2D eigenvalue weighted by molar-refractivity contribution is -0.140. The van der Waals surface area contributed by atoms with Crippen molar-refractivity contribution in [2.24, 2.45) is 11.8 Å². The number of unbranched alkanes of at least 4 members (excludes halogenated alkanes) is 9. The van der Waals surface area contributed by atoms with Crippen LogP contribution in [0.4, 0.5) is 0 Å². The molecule has 2 aromatic rings. The molecule has 4 heteroatoms. The van der Waals surface area contributed by atoms with Crippen LogP contribution in [0.1, 0.15) is 122 Å². The highest BCUT2D eigenvalue weighted by molar-refractivity contribution is 5.75. The number of nitrogens with zero attached hydrogens (tertiary/aromatic N) is 2. The van der Waals surface area contributed by atoms with Crippen LogP contribution in [0.2, 0.25) is 0 Å². The predicted molar refractivity (Wildman–Crippen MR) is 149 cm³/mol. The largest absolute Gasteiger partial charge is 0.426 e. The first-order valence-corrected chi connectivity index (χ1v) is 14.8. The van der Waals surface area contributed by atoms with Gasteiger partial charge in [-0.15, -0.1) is 0 Å². The van der Waals surface area contributed by atoms with E-state index in [1.807, 2.05) is 36.7 Å². The minimum absolute atomic E-state index is 0.0454. The van der Waals surface area contributed by atoms with Gasteiger partial charge < -0.3 is 4.74 Å². The van der Waals surface area contributed by atoms with E-state index in [0.717, 1.165) is 43.6 Å². The highest BCUT2D eigenvalue weighted by Gasteiger charge is 2.27. The maximum atomic E-state index is 12.7. The molecule has 0 unspecified atom stereocenters. The Labute approximate surface area is 219 Å². The van der Waals surface area contributed by atoms with Gasteiger partial charge in [0, 0.05) is 18.0 Å². The fraction of sp³-hybridized carbons (Fsp3) is 0.656. The number of carbonyl (C=O) groups is 1. The minimum atomic E-state index is -0.0729. The van der Waals surface area contributed by atoms with E-state index in [0.29, 0.717) is 11.6 Å². The molecule has 198 valence electrons. The highest BCUT2D eigenvalue weighted by atomic mass is 16.5. The van der Waals surface area contributed by atoms with Crippen LogP contribution in [-0.4, -0.2) is 15.9 Å². The molecule has 0 aliphatic heterocycles. The lowest BCUT2D eigenvalue weighted by Crippen LogP contribution is -2.25. The summed E-state index contributed by atoms with van der Waals surface area (Å²) in [5, 5.41) is 0. The van der Waals surface area contributed by atoms with Crippen molar-refractivity contribution in [3.63, 3.8) is 0 Å². The summed E-state index contributed by atoms with van der Waals surface area (Å²) >= 11 is 0. The summed E-state index contributed by atoms with van der Waals surface area (Å²) in [6.07, 6.45) is 25.1. The normalized spacial score (nSPS) is 17.7. The highest BCUT2D eigenvalue weighted by Crippen LogP contribution is 2.33. The molecule has 3 rings (SSSR count). The third-order valence-electron chi connectivity index (χ3n) is 7.75. The van der Waals surface area contributed by atoms with Crippen LogP contribution in [0.3, 0.4) is 0 Å². The lowest BCUT2D eigenvalue weighted by Gasteiger charge is -2.27. The monoisotopic (exact) mass is 492 g/mol. The fourth-order valence-corrected chi connectivity index (χ4v) is 5.34. The maximum absolute atomic E-state index is 12.7. The van der Waals surface area contributed by atoms with Gasteiger partial charge in [-0.25, -0.2) is 9.97 Å². The van der Waals surface area contributed by atoms with Gasteiger partial charge in [-0.05, 0) is 74.3 Å². The van der Waals surface area contributed by atoms with E-state index in [1.54, 1.807) is 0 Å². The zero-order valence-electron chi connectivity index (χ0n) is 22.9. The molecule has 1 heterocycles. The van der Waals surface area contributed by atoms with Crippen LogP contribution in [0, 0.1) is 11.8 Å². The smallest absolute Gasteiger partial charge is 0.314 e. The molecule has 1 aliphatic rings. The van der Waals surface area contributed by atoms with Crippen LogP contribution in [0.5, 0.6) is 5.75 Å². The molecule has 0 radical (unpaired) electrons. The molecule has 0 amide bonds. The van der Waals surface area contributed by atoms with Gasteiger partial charge in [0.15, 0.2) is 5.82 Å². The Morgan fingerprint density at radius 3 is 2.00 bits per heavy atom. The molecule has 0 saturated heterocycles. The first-order valence-electron chi connectivity index (χ1n) is 14.8. The Hall–Kier alpha value is -2.23. The molecule has 1 aliphatic carbocycles. The van der Waals surface area contributed by atoms with Crippen molar-refractivity contribution in [3.8, 4) is 17.1 Å². The van der Waals surface area contributed by atoms with Crippen LogP contribution in [0.15, 0.2) is 36.7 Å². The number of esters is 1. The quantitative estimate of drug-likeness (QED) is 0.133. The second kappa shape index (κ2) is 16.5. The van der Waals surface area contributed by atoms with E-state index < -0.39 is 0 Å². The molecule has 0 bridgehead atoms. The molecule has 36 heavy (non-hydrogen) atoms. The second-order valence-corrected chi connectivity index (χ2v) is 10.8. The van der Waals surface area contributed by atoms with Gasteiger partial charge in [-0.3, -0.25) is 4.79 Å².